The van der Waals surface area contributed by atoms with Crippen LogP contribution in [-0.2, 0) is 0 Å². The molecule has 1 aliphatic rings. The molecule has 0 aliphatic heterocycles. The van der Waals surface area contributed by atoms with E-state index in [2.05, 4.69) is 25.8 Å². The number of nitrogens with two attached hydrogens (primary N) is 1. The van der Waals surface area contributed by atoms with Crippen LogP contribution in [0.25, 0.3) is 0 Å². The highest BCUT2D eigenvalue weighted by molar-refractivity contribution is 4.82. The predicted octanol–water partition coefficient (Wildman–Crippen LogP) is 3.02. The first kappa shape index (κ1) is 14.0. The van der Waals surface area contributed by atoms with Crippen molar-refractivity contribution in [2.75, 3.05) is 20.1 Å². The highest BCUT2D eigenvalue weighted by Gasteiger charge is 2.28. The molecule has 0 aromatic carbocycles. The lowest BCUT2D eigenvalue weighted by Gasteiger charge is -2.38. The summed E-state index contributed by atoms with van der Waals surface area (Å²) in [6, 6.07) is 0.839. The summed E-state index contributed by atoms with van der Waals surface area (Å²) in [5.74, 6) is 0. The van der Waals surface area contributed by atoms with E-state index in [0.717, 1.165) is 12.6 Å². The highest BCUT2D eigenvalue weighted by atomic mass is 15.1. The van der Waals surface area contributed by atoms with Gasteiger partial charge in [-0.25, -0.2) is 0 Å². The molecule has 0 unspecified atom stereocenters. The minimum atomic E-state index is 0.594. The van der Waals surface area contributed by atoms with Crippen molar-refractivity contribution in [2.45, 2.75) is 64.8 Å². The van der Waals surface area contributed by atoms with Gasteiger partial charge in [-0.2, -0.15) is 0 Å². The topological polar surface area (TPSA) is 29.3 Å². The fourth-order valence-electron chi connectivity index (χ4n) is 2.69. The molecule has 0 aromatic heterocycles. The van der Waals surface area contributed by atoms with Crippen molar-refractivity contribution in [3.05, 3.63) is 0 Å². The molecule has 16 heavy (non-hydrogen) atoms. The quantitative estimate of drug-likeness (QED) is 0.705. The molecule has 0 heterocycles. The Hall–Kier alpha value is -0.0800. The average molecular weight is 226 g/mol. The number of unbranched alkanes of at least 4 members (excludes halogenated alkanes) is 2. The van der Waals surface area contributed by atoms with Crippen LogP contribution in [0.15, 0.2) is 0 Å². The second-order valence-electron chi connectivity index (χ2n) is 6.23. The Balaban J connectivity index is 2.15. The Morgan fingerprint density at radius 2 is 1.75 bits per heavy atom. The molecule has 96 valence electrons. The maximum Gasteiger partial charge on any atom is 0.00926 e. The van der Waals surface area contributed by atoms with Gasteiger partial charge in [0.1, 0.15) is 0 Å². The molecule has 1 rings (SSSR count). The SMILES string of the molecule is CN(CCCCCN)C1CCC(C)(C)CC1. The van der Waals surface area contributed by atoms with Crippen LogP contribution in [0, 0.1) is 5.41 Å². The molecule has 2 heteroatoms. The summed E-state index contributed by atoms with van der Waals surface area (Å²) in [4.78, 5) is 2.58. The maximum atomic E-state index is 5.50. The van der Waals surface area contributed by atoms with E-state index in [1.807, 2.05) is 0 Å². The van der Waals surface area contributed by atoms with E-state index in [1.54, 1.807) is 0 Å². The van der Waals surface area contributed by atoms with Crippen molar-refractivity contribution in [1.29, 1.82) is 0 Å². The highest BCUT2D eigenvalue weighted by Crippen LogP contribution is 2.36. The number of hydrogen-bond acceptors (Lipinski definition) is 2. The Kier molecular flexibility index (Phi) is 5.77. The summed E-state index contributed by atoms with van der Waals surface area (Å²) in [5, 5.41) is 0. The smallest absolute Gasteiger partial charge is 0.00926 e. The number of hydrogen-bond donors (Lipinski definition) is 1. The van der Waals surface area contributed by atoms with Gasteiger partial charge >= 0.3 is 0 Å². The third kappa shape index (κ3) is 4.84. The van der Waals surface area contributed by atoms with Crippen molar-refractivity contribution < 1.29 is 0 Å². The van der Waals surface area contributed by atoms with Gasteiger partial charge in [-0.15, -0.1) is 0 Å². The summed E-state index contributed by atoms with van der Waals surface area (Å²) < 4.78 is 0. The van der Waals surface area contributed by atoms with Crippen molar-refractivity contribution in [2.24, 2.45) is 11.1 Å². The van der Waals surface area contributed by atoms with Crippen molar-refractivity contribution in [1.82, 2.24) is 4.90 Å². The third-order valence-corrected chi connectivity index (χ3v) is 4.15. The number of rotatable bonds is 6. The van der Waals surface area contributed by atoms with Gasteiger partial charge in [0.2, 0.25) is 0 Å². The fourth-order valence-corrected chi connectivity index (χ4v) is 2.69. The normalized spacial score (nSPS) is 21.6. The van der Waals surface area contributed by atoms with E-state index >= 15 is 0 Å². The predicted molar refractivity (Wildman–Crippen MR) is 71.6 cm³/mol. The first-order valence-corrected chi connectivity index (χ1v) is 6.95. The molecule has 0 saturated heterocycles. The van der Waals surface area contributed by atoms with Gasteiger partial charge in [-0.05, 0) is 64.1 Å². The molecule has 0 atom stereocenters. The number of nitrogens with zero attached hydrogens (tertiary/aromatic N) is 1. The summed E-state index contributed by atoms with van der Waals surface area (Å²) in [5.41, 5.74) is 6.10. The van der Waals surface area contributed by atoms with E-state index in [1.165, 1.54) is 51.5 Å². The molecule has 0 radical (unpaired) electrons. The molecule has 2 N–H and O–H groups in total. The minimum Gasteiger partial charge on any atom is -0.330 e. The summed E-state index contributed by atoms with van der Waals surface area (Å²) in [6.07, 6.45) is 9.36. The molecule has 1 aliphatic carbocycles. The largest absolute Gasteiger partial charge is 0.330 e. The Morgan fingerprint density at radius 1 is 1.12 bits per heavy atom. The second-order valence-corrected chi connectivity index (χ2v) is 6.23. The summed E-state index contributed by atoms with van der Waals surface area (Å²) in [6.45, 7) is 6.92. The molecular weight excluding hydrogens is 196 g/mol. The fraction of sp³-hybridized carbons (Fsp3) is 1.00. The molecule has 1 saturated carbocycles. The van der Waals surface area contributed by atoms with Crippen LogP contribution in [0.2, 0.25) is 0 Å². The van der Waals surface area contributed by atoms with Gasteiger partial charge in [0.05, 0.1) is 0 Å². The van der Waals surface area contributed by atoms with E-state index in [9.17, 15) is 0 Å². The Bertz CT molecular complexity index is 179. The van der Waals surface area contributed by atoms with Gasteiger partial charge in [-0.3, -0.25) is 0 Å². The zero-order chi connectivity index (χ0) is 12.0. The van der Waals surface area contributed by atoms with Crippen molar-refractivity contribution >= 4 is 0 Å². The lowest BCUT2D eigenvalue weighted by molar-refractivity contribution is 0.126. The molecule has 2 nitrogen and oxygen atoms in total. The zero-order valence-electron chi connectivity index (χ0n) is 11.5. The van der Waals surface area contributed by atoms with Crippen LogP contribution < -0.4 is 5.73 Å². The first-order chi connectivity index (χ1) is 7.55. The van der Waals surface area contributed by atoms with Crippen molar-refractivity contribution in [3.63, 3.8) is 0 Å². The third-order valence-electron chi connectivity index (χ3n) is 4.15. The lowest BCUT2D eigenvalue weighted by Crippen LogP contribution is -2.37. The molecule has 1 fully saturated rings. The molecule has 0 bridgehead atoms. The summed E-state index contributed by atoms with van der Waals surface area (Å²) >= 11 is 0. The molecular formula is C14H30N2. The molecule has 0 amide bonds. The molecule has 0 spiro atoms. The van der Waals surface area contributed by atoms with Gasteiger partial charge in [0.15, 0.2) is 0 Å². The van der Waals surface area contributed by atoms with Gasteiger partial charge in [0.25, 0.3) is 0 Å². The summed E-state index contributed by atoms with van der Waals surface area (Å²) in [7, 11) is 2.30. The average Bonchev–Trinajstić information content (AvgIpc) is 2.24. The standard InChI is InChI=1S/C14H30N2/c1-14(2)9-7-13(8-10-14)16(3)12-6-4-5-11-15/h13H,4-12,15H2,1-3H3. The first-order valence-electron chi connectivity index (χ1n) is 6.95. The van der Waals surface area contributed by atoms with Gasteiger partial charge < -0.3 is 10.6 Å². The van der Waals surface area contributed by atoms with Gasteiger partial charge in [-0.1, -0.05) is 20.3 Å². The zero-order valence-corrected chi connectivity index (χ0v) is 11.5. The van der Waals surface area contributed by atoms with Crippen LogP contribution >= 0.6 is 0 Å². The second kappa shape index (κ2) is 6.61. The maximum absolute atomic E-state index is 5.50. The van der Waals surface area contributed by atoms with Crippen LogP contribution in [-0.4, -0.2) is 31.1 Å². The van der Waals surface area contributed by atoms with Gasteiger partial charge in [0, 0.05) is 6.04 Å². The van der Waals surface area contributed by atoms with E-state index in [-0.39, 0.29) is 0 Å². The van der Waals surface area contributed by atoms with Crippen molar-refractivity contribution in [3.8, 4) is 0 Å². The van der Waals surface area contributed by atoms with Crippen LogP contribution in [0.1, 0.15) is 58.8 Å². The Morgan fingerprint density at radius 3 is 2.31 bits per heavy atom. The van der Waals surface area contributed by atoms with E-state index < -0.39 is 0 Å². The lowest BCUT2D eigenvalue weighted by atomic mass is 9.75. The van der Waals surface area contributed by atoms with E-state index in [4.69, 9.17) is 5.73 Å². The van der Waals surface area contributed by atoms with Crippen LogP contribution in [0.5, 0.6) is 0 Å². The monoisotopic (exact) mass is 226 g/mol. The van der Waals surface area contributed by atoms with Crippen LogP contribution in [0.4, 0.5) is 0 Å². The minimum absolute atomic E-state index is 0.594. The molecule has 0 aromatic rings. The Labute approximate surface area is 102 Å². The van der Waals surface area contributed by atoms with E-state index in [0.29, 0.717) is 5.41 Å². The van der Waals surface area contributed by atoms with Crippen LogP contribution in [0.3, 0.4) is 0 Å².